The van der Waals surface area contributed by atoms with E-state index in [1.165, 1.54) is 12.1 Å². The van der Waals surface area contributed by atoms with Gasteiger partial charge in [-0.1, -0.05) is 41.9 Å². The van der Waals surface area contributed by atoms with Crippen molar-refractivity contribution in [2.75, 3.05) is 36.4 Å². The summed E-state index contributed by atoms with van der Waals surface area (Å²) in [5, 5.41) is 6.55. The number of anilines is 2. The second-order valence-electron chi connectivity index (χ2n) is 8.23. The second kappa shape index (κ2) is 11.9. The molecule has 0 saturated carbocycles. The van der Waals surface area contributed by atoms with Crippen LogP contribution in [0.4, 0.5) is 15.8 Å². The van der Waals surface area contributed by atoms with Crippen LogP contribution in [0.15, 0.2) is 78.9 Å². The van der Waals surface area contributed by atoms with Gasteiger partial charge < -0.3 is 10.2 Å². The number of nitrogens with one attached hydrogen (secondary N) is 2. The Hall–Kier alpha value is -3.26. The van der Waals surface area contributed by atoms with Crippen molar-refractivity contribution >= 4 is 52.3 Å². The van der Waals surface area contributed by atoms with Gasteiger partial charge in [-0.3, -0.25) is 15.0 Å². The van der Waals surface area contributed by atoms with Crippen molar-refractivity contribution < 1.29 is 9.18 Å². The summed E-state index contributed by atoms with van der Waals surface area (Å²) in [6.07, 6.45) is 3.12. The highest BCUT2D eigenvalue weighted by atomic mass is 35.5. The normalized spacial score (nSPS) is 14.2. The molecular weight excluding hydrogens is 483 g/mol. The van der Waals surface area contributed by atoms with Crippen molar-refractivity contribution in [3.05, 3.63) is 101 Å². The molecule has 0 unspecified atom stereocenters. The zero-order chi connectivity index (χ0) is 24.6. The minimum Gasteiger partial charge on any atom is -0.369 e. The number of carbonyl (C=O) groups is 1. The fourth-order valence-electron chi connectivity index (χ4n) is 3.85. The zero-order valence-electron chi connectivity index (χ0n) is 19.1. The van der Waals surface area contributed by atoms with Crippen LogP contribution in [0.3, 0.4) is 0 Å². The van der Waals surface area contributed by atoms with E-state index >= 15 is 0 Å². The maximum Gasteiger partial charge on any atom is 0.250 e. The fourth-order valence-corrected chi connectivity index (χ4v) is 4.19. The number of amides is 1. The van der Waals surface area contributed by atoms with Crippen molar-refractivity contribution in [2.45, 2.75) is 6.54 Å². The van der Waals surface area contributed by atoms with Gasteiger partial charge >= 0.3 is 0 Å². The summed E-state index contributed by atoms with van der Waals surface area (Å²) in [6.45, 7) is 4.11. The lowest BCUT2D eigenvalue weighted by atomic mass is 10.1. The Morgan fingerprint density at radius 3 is 2.34 bits per heavy atom. The molecule has 0 aromatic heterocycles. The summed E-state index contributed by atoms with van der Waals surface area (Å²) in [6, 6.07) is 22.1. The van der Waals surface area contributed by atoms with Crippen LogP contribution >= 0.6 is 23.8 Å². The van der Waals surface area contributed by atoms with Crippen LogP contribution < -0.4 is 15.5 Å². The van der Waals surface area contributed by atoms with Crippen LogP contribution in [-0.4, -0.2) is 42.1 Å². The van der Waals surface area contributed by atoms with E-state index in [2.05, 4.69) is 20.4 Å². The molecule has 1 amide bonds. The maximum atomic E-state index is 13.9. The van der Waals surface area contributed by atoms with Crippen molar-refractivity contribution in [1.82, 2.24) is 10.2 Å². The molecule has 0 atom stereocenters. The van der Waals surface area contributed by atoms with Gasteiger partial charge in [-0.05, 0) is 66.3 Å². The zero-order valence-corrected chi connectivity index (χ0v) is 20.7. The quantitative estimate of drug-likeness (QED) is 0.348. The van der Waals surface area contributed by atoms with E-state index in [0.29, 0.717) is 11.6 Å². The summed E-state index contributed by atoms with van der Waals surface area (Å²) >= 11 is 11.1. The van der Waals surface area contributed by atoms with Gasteiger partial charge in [0.2, 0.25) is 5.91 Å². The predicted octanol–water partition coefficient (Wildman–Crippen LogP) is 5.33. The van der Waals surface area contributed by atoms with Crippen molar-refractivity contribution in [3.63, 3.8) is 0 Å². The number of thiocarbonyl (C=S) groups is 1. The van der Waals surface area contributed by atoms with Gasteiger partial charge in [-0.2, -0.15) is 0 Å². The molecule has 0 bridgehead atoms. The van der Waals surface area contributed by atoms with Crippen molar-refractivity contribution in [2.24, 2.45) is 0 Å². The molecule has 180 valence electrons. The fraction of sp³-hybridized carbons (Fsp3) is 0.185. The Labute approximate surface area is 215 Å². The lowest BCUT2D eigenvalue weighted by Crippen LogP contribution is -2.46. The molecule has 0 radical (unpaired) electrons. The third kappa shape index (κ3) is 7.36. The van der Waals surface area contributed by atoms with Gasteiger partial charge in [-0.15, -0.1) is 0 Å². The lowest BCUT2D eigenvalue weighted by molar-refractivity contribution is -0.115. The smallest absolute Gasteiger partial charge is 0.250 e. The van der Waals surface area contributed by atoms with E-state index < -0.39 is 0 Å². The van der Waals surface area contributed by atoms with Gasteiger partial charge in [0.1, 0.15) is 5.82 Å². The molecular formula is C27H26ClFN4OS. The predicted molar refractivity (Wildman–Crippen MR) is 145 cm³/mol. The molecule has 5 nitrogen and oxygen atoms in total. The number of rotatable bonds is 6. The first kappa shape index (κ1) is 24.9. The van der Waals surface area contributed by atoms with Gasteiger partial charge in [-0.25, -0.2) is 4.39 Å². The molecule has 3 aromatic rings. The van der Waals surface area contributed by atoms with E-state index in [1.807, 2.05) is 48.5 Å². The van der Waals surface area contributed by atoms with E-state index in [1.54, 1.807) is 24.3 Å². The summed E-state index contributed by atoms with van der Waals surface area (Å²) in [5.41, 5.74) is 3.51. The van der Waals surface area contributed by atoms with Crippen LogP contribution in [0.25, 0.3) is 6.08 Å². The van der Waals surface area contributed by atoms with E-state index in [4.69, 9.17) is 23.8 Å². The first-order chi connectivity index (χ1) is 17.0. The average molecular weight is 509 g/mol. The molecule has 1 aliphatic rings. The van der Waals surface area contributed by atoms with Gasteiger partial charge in [0, 0.05) is 60.8 Å². The number of hydrogen-bond acceptors (Lipinski definition) is 4. The van der Waals surface area contributed by atoms with Crippen LogP contribution in [0.2, 0.25) is 5.02 Å². The molecule has 1 aliphatic heterocycles. The molecule has 1 fully saturated rings. The monoisotopic (exact) mass is 508 g/mol. The highest BCUT2D eigenvalue weighted by Gasteiger charge is 2.18. The number of carbonyl (C=O) groups excluding carboxylic acids is 1. The van der Waals surface area contributed by atoms with E-state index in [-0.39, 0.29) is 16.8 Å². The SMILES string of the molecule is O=C(/C=C/c1ccc(Cl)cc1)NC(=S)Nc1ccc(N2CCN(Cc3ccccc3F)CC2)cc1. The summed E-state index contributed by atoms with van der Waals surface area (Å²) in [4.78, 5) is 16.7. The van der Waals surface area contributed by atoms with Gasteiger partial charge in [0.15, 0.2) is 5.11 Å². The molecule has 0 spiro atoms. The standard InChI is InChI=1S/C27H26ClFN4OS/c28-22-8-5-20(6-9-22)7-14-26(34)31-27(35)30-23-10-12-24(13-11-23)33-17-15-32(16-18-33)19-21-3-1-2-4-25(21)29/h1-14H,15-19H2,(H2,30,31,34,35)/b14-7+. The molecule has 1 heterocycles. The van der Waals surface area contributed by atoms with Crippen molar-refractivity contribution in [3.8, 4) is 0 Å². The van der Waals surface area contributed by atoms with E-state index in [9.17, 15) is 9.18 Å². The molecule has 0 aliphatic carbocycles. The van der Waals surface area contributed by atoms with Crippen LogP contribution in [0, 0.1) is 5.82 Å². The Balaban J connectivity index is 1.23. The summed E-state index contributed by atoms with van der Waals surface area (Å²) in [7, 11) is 0. The van der Waals surface area contributed by atoms with Gasteiger partial charge in [0.25, 0.3) is 0 Å². The highest BCUT2D eigenvalue weighted by molar-refractivity contribution is 7.80. The summed E-state index contributed by atoms with van der Waals surface area (Å²) in [5.74, 6) is -0.466. The topological polar surface area (TPSA) is 47.6 Å². The Bertz CT molecular complexity index is 1190. The Morgan fingerprint density at radius 1 is 0.971 bits per heavy atom. The van der Waals surface area contributed by atoms with Crippen molar-refractivity contribution in [1.29, 1.82) is 0 Å². The number of hydrogen-bond donors (Lipinski definition) is 2. The van der Waals surface area contributed by atoms with Crippen LogP contribution in [0.5, 0.6) is 0 Å². The highest BCUT2D eigenvalue weighted by Crippen LogP contribution is 2.20. The number of halogens is 2. The van der Waals surface area contributed by atoms with Crippen LogP contribution in [-0.2, 0) is 11.3 Å². The summed E-state index contributed by atoms with van der Waals surface area (Å²) < 4.78 is 13.9. The molecule has 2 N–H and O–H groups in total. The van der Waals surface area contributed by atoms with Gasteiger partial charge in [0.05, 0.1) is 0 Å². The van der Waals surface area contributed by atoms with Crippen LogP contribution in [0.1, 0.15) is 11.1 Å². The van der Waals surface area contributed by atoms with E-state index in [0.717, 1.165) is 48.7 Å². The number of benzene rings is 3. The third-order valence-electron chi connectivity index (χ3n) is 5.75. The molecule has 4 rings (SSSR count). The molecule has 1 saturated heterocycles. The first-order valence-corrected chi connectivity index (χ1v) is 12.1. The first-order valence-electron chi connectivity index (χ1n) is 11.3. The lowest BCUT2D eigenvalue weighted by Gasteiger charge is -2.36. The largest absolute Gasteiger partial charge is 0.369 e. The molecule has 35 heavy (non-hydrogen) atoms. The number of nitrogens with zero attached hydrogens (tertiary/aromatic N) is 2. The minimum absolute atomic E-state index is 0.148. The molecule has 8 heteroatoms. The Morgan fingerprint density at radius 2 is 1.66 bits per heavy atom. The third-order valence-corrected chi connectivity index (χ3v) is 6.20. The molecule has 3 aromatic carbocycles. The average Bonchev–Trinajstić information content (AvgIpc) is 2.86. The maximum absolute atomic E-state index is 13.9. The second-order valence-corrected chi connectivity index (χ2v) is 9.07. The number of piperazine rings is 1. The Kier molecular flexibility index (Phi) is 8.47. The minimum atomic E-state index is -0.317.